The smallest absolute Gasteiger partial charge is 0.288 e. The van der Waals surface area contributed by atoms with Gasteiger partial charge in [-0.1, -0.05) is 18.2 Å². The highest BCUT2D eigenvalue weighted by Crippen LogP contribution is 2.39. The SMILES string of the molecule is CN1CCCC1C(F)(F)c1cccc(C=O)c1. The highest BCUT2D eigenvalue weighted by molar-refractivity contribution is 5.75. The molecule has 1 atom stereocenters. The number of benzene rings is 1. The molecule has 0 N–H and O–H groups in total. The molecule has 1 unspecified atom stereocenters. The van der Waals surface area contributed by atoms with Crippen LogP contribution in [0, 0.1) is 0 Å². The lowest BCUT2D eigenvalue weighted by Gasteiger charge is -2.29. The number of rotatable bonds is 3. The van der Waals surface area contributed by atoms with Gasteiger partial charge in [0, 0.05) is 11.1 Å². The summed E-state index contributed by atoms with van der Waals surface area (Å²) in [7, 11) is 1.72. The molecule has 17 heavy (non-hydrogen) atoms. The Morgan fingerprint density at radius 1 is 1.47 bits per heavy atom. The van der Waals surface area contributed by atoms with Gasteiger partial charge in [-0.3, -0.25) is 9.69 Å². The van der Waals surface area contributed by atoms with Gasteiger partial charge < -0.3 is 0 Å². The summed E-state index contributed by atoms with van der Waals surface area (Å²) in [5.41, 5.74) is 0.226. The quantitative estimate of drug-likeness (QED) is 0.756. The van der Waals surface area contributed by atoms with Gasteiger partial charge in [0.2, 0.25) is 0 Å². The minimum atomic E-state index is -2.90. The van der Waals surface area contributed by atoms with E-state index in [0.717, 1.165) is 6.42 Å². The first-order valence-electron chi connectivity index (χ1n) is 5.69. The zero-order valence-electron chi connectivity index (χ0n) is 9.70. The lowest BCUT2D eigenvalue weighted by atomic mass is 9.98. The van der Waals surface area contributed by atoms with Crippen molar-refractivity contribution in [2.45, 2.75) is 24.8 Å². The molecule has 0 aliphatic carbocycles. The summed E-state index contributed by atoms with van der Waals surface area (Å²) in [6.07, 6.45) is 1.89. The first kappa shape index (κ1) is 12.2. The summed E-state index contributed by atoms with van der Waals surface area (Å²) >= 11 is 0. The number of halogens is 2. The predicted octanol–water partition coefficient (Wildman–Crippen LogP) is 2.69. The molecule has 1 aliphatic heterocycles. The van der Waals surface area contributed by atoms with Gasteiger partial charge in [0.1, 0.15) is 6.29 Å². The van der Waals surface area contributed by atoms with E-state index in [-0.39, 0.29) is 5.56 Å². The lowest BCUT2D eigenvalue weighted by Crippen LogP contribution is -2.39. The van der Waals surface area contributed by atoms with Crippen LogP contribution < -0.4 is 0 Å². The standard InChI is InChI=1S/C13H15F2NO/c1-16-7-3-6-12(16)13(14,15)11-5-2-4-10(8-11)9-17/h2,4-5,8-9,12H,3,6-7H2,1H3. The molecule has 4 heteroatoms. The largest absolute Gasteiger partial charge is 0.298 e. The van der Waals surface area contributed by atoms with Crippen molar-refractivity contribution in [1.82, 2.24) is 4.90 Å². The van der Waals surface area contributed by atoms with Crippen molar-refractivity contribution in [3.8, 4) is 0 Å². The van der Waals surface area contributed by atoms with Crippen LogP contribution in [-0.4, -0.2) is 30.8 Å². The van der Waals surface area contributed by atoms with Crippen LogP contribution in [-0.2, 0) is 5.92 Å². The number of carbonyl (C=O) groups excluding carboxylic acids is 1. The number of likely N-dealkylation sites (N-methyl/N-ethyl adjacent to an activating group) is 1. The van der Waals surface area contributed by atoms with Crippen molar-refractivity contribution >= 4 is 6.29 Å². The number of alkyl halides is 2. The Balaban J connectivity index is 2.32. The van der Waals surface area contributed by atoms with Crippen LogP contribution in [0.1, 0.15) is 28.8 Å². The van der Waals surface area contributed by atoms with Crippen LogP contribution in [0.15, 0.2) is 24.3 Å². The van der Waals surface area contributed by atoms with Crippen molar-refractivity contribution < 1.29 is 13.6 Å². The van der Waals surface area contributed by atoms with E-state index in [1.165, 1.54) is 24.3 Å². The van der Waals surface area contributed by atoms with E-state index in [2.05, 4.69) is 0 Å². The summed E-state index contributed by atoms with van der Waals surface area (Å²) in [6, 6.07) is 4.94. The zero-order valence-corrected chi connectivity index (χ0v) is 9.70. The molecule has 1 aliphatic rings. The second kappa shape index (κ2) is 4.53. The van der Waals surface area contributed by atoms with Crippen LogP contribution in [0.4, 0.5) is 8.78 Å². The molecule has 0 amide bonds. The van der Waals surface area contributed by atoms with E-state index < -0.39 is 12.0 Å². The Morgan fingerprint density at radius 2 is 2.24 bits per heavy atom. The first-order valence-corrected chi connectivity index (χ1v) is 5.69. The Morgan fingerprint density at radius 3 is 2.82 bits per heavy atom. The minimum absolute atomic E-state index is 0.0687. The van der Waals surface area contributed by atoms with Gasteiger partial charge in [-0.25, -0.2) is 0 Å². The van der Waals surface area contributed by atoms with E-state index in [4.69, 9.17) is 0 Å². The van der Waals surface area contributed by atoms with E-state index in [0.29, 0.717) is 24.8 Å². The van der Waals surface area contributed by atoms with Crippen molar-refractivity contribution in [3.05, 3.63) is 35.4 Å². The van der Waals surface area contributed by atoms with Crippen LogP contribution in [0.5, 0.6) is 0 Å². The second-order valence-electron chi connectivity index (χ2n) is 4.50. The Kier molecular flexibility index (Phi) is 3.24. The fourth-order valence-corrected chi connectivity index (χ4v) is 2.38. The van der Waals surface area contributed by atoms with Crippen LogP contribution in [0.25, 0.3) is 0 Å². The summed E-state index contributed by atoms with van der Waals surface area (Å²) in [5, 5.41) is 0. The third-order valence-corrected chi connectivity index (χ3v) is 3.35. The summed E-state index contributed by atoms with van der Waals surface area (Å²) < 4.78 is 28.5. The fourth-order valence-electron chi connectivity index (χ4n) is 2.38. The maximum Gasteiger partial charge on any atom is 0.288 e. The van der Waals surface area contributed by atoms with Crippen molar-refractivity contribution in [3.63, 3.8) is 0 Å². The third-order valence-electron chi connectivity index (χ3n) is 3.35. The van der Waals surface area contributed by atoms with E-state index >= 15 is 0 Å². The molecule has 0 saturated carbocycles. The molecule has 1 heterocycles. The van der Waals surface area contributed by atoms with Gasteiger partial charge in [-0.05, 0) is 32.5 Å². The average Bonchev–Trinajstić information content (AvgIpc) is 2.76. The van der Waals surface area contributed by atoms with Gasteiger partial charge in [0.05, 0.1) is 6.04 Å². The third kappa shape index (κ3) is 2.22. The fraction of sp³-hybridized carbons (Fsp3) is 0.462. The number of hydrogen-bond donors (Lipinski definition) is 0. The summed E-state index contributed by atoms with van der Waals surface area (Å²) in [4.78, 5) is 12.3. The van der Waals surface area contributed by atoms with Crippen LogP contribution in [0.2, 0.25) is 0 Å². The summed E-state index contributed by atoms with van der Waals surface area (Å²) in [5.74, 6) is -2.90. The Bertz CT molecular complexity index is 420. The van der Waals surface area contributed by atoms with E-state index in [1.54, 1.807) is 11.9 Å². The zero-order chi connectivity index (χ0) is 12.5. The molecule has 1 aromatic rings. The highest BCUT2D eigenvalue weighted by atomic mass is 19.3. The monoisotopic (exact) mass is 239 g/mol. The maximum atomic E-state index is 14.3. The van der Waals surface area contributed by atoms with Crippen LogP contribution >= 0.6 is 0 Å². The van der Waals surface area contributed by atoms with Gasteiger partial charge in [-0.2, -0.15) is 8.78 Å². The number of likely N-dealkylation sites (tertiary alicyclic amines) is 1. The molecule has 1 saturated heterocycles. The molecular weight excluding hydrogens is 224 g/mol. The number of aldehydes is 1. The normalized spacial score (nSPS) is 21.7. The number of hydrogen-bond acceptors (Lipinski definition) is 2. The number of nitrogens with zero attached hydrogens (tertiary/aromatic N) is 1. The molecule has 1 fully saturated rings. The maximum absolute atomic E-state index is 14.3. The first-order chi connectivity index (χ1) is 8.05. The second-order valence-corrected chi connectivity index (χ2v) is 4.50. The van der Waals surface area contributed by atoms with Gasteiger partial charge in [0.25, 0.3) is 5.92 Å². The Hall–Kier alpha value is -1.29. The van der Waals surface area contributed by atoms with E-state index in [1.807, 2.05) is 0 Å². The van der Waals surface area contributed by atoms with E-state index in [9.17, 15) is 13.6 Å². The molecule has 92 valence electrons. The van der Waals surface area contributed by atoms with Crippen molar-refractivity contribution in [1.29, 1.82) is 0 Å². The lowest BCUT2D eigenvalue weighted by molar-refractivity contribution is -0.0696. The molecule has 0 radical (unpaired) electrons. The molecule has 0 bridgehead atoms. The average molecular weight is 239 g/mol. The minimum Gasteiger partial charge on any atom is -0.298 e. The van der Waals surface area contributed by atoms with Gasteiger partial charge in [0.15, 0.2) is 0 Å². The van der Waals surface area contributed by atoms with Crippen molar-refractivity contribution in [2.24, 2.45) is 0 Å². The predicted molar refractivity (Wildman–Crippen MR) is 61.4 cm³/mol. The molecule has 2 rings (SSSR count). The molecule has 1 aromatic carbocycles. The van der Waals surface area contributed by atoms with Crippen molar-refractivity contribution in [2.75, 3.05) is 13.6 Å². The van der Waals surface area contributed by atoms with Crippen LogP contribution in [0.3, 0.4) is 0 Å². The van der Waals surface area contributed by atoms with Gasteiger partial charge >= 0.3 is 0 Å². The summed E-state index contributed by atoms with van der Waals surface area (Å²) in [6.45, 7) is 0.702. The Labute approximate surface area is 99.2 Å². The highest BCUT2D eigenvalue weighted by Gasteiger charge is 2.45. The van der Waals surface area contributed by atoms with Gasteiger partial charge in [-0.15, -0.1) is 0 Å². The number of carbonyl (C=O) groups is 1. The topological polar surface area (TPSA) is 20.3 Å². The molecule has 0 spiro atoms. The molecule has 2 nitrogen and oxygen atoms in total. The molecular formula is C13H15F2NO. The molecule has 0 aromatic heterocycles.